The first-order valence-electron chi connectivity index (χ1n) is 5.73. The monoisotopic (exact) mass is 294 g/mol. The molecule has 2 N–H and O–H groups in total. The van der Waals surface area contributed by atoms with Crippen molar-refractivity contribution in [3.8, 4) is 0 Å². The Morgan fingerprint density at radius 2 is 1.33 bits per heavy atom. The summed E-state index contributed by atoms with van der Waals surface area (Å²) >= 11 is -3.87. The third kappa shape index (κ3) is 5.62. The van der Waals surface area contributed by atoms with Crippen LogP contribution >= 0.6 is 0 Å². The van der Waals surface area contributed by atoms with E-state index in [0.717, 1.165) is 12.8 Å². The van der Waals surface area contributed by atoms with Crippen molar-refractivity contribution in [1.29, 1.82) is 0 Å². The molecular weight excluding hydrogens is 276 g/mol. The summed E-state index contributed by atoms with van der Waals surface area (Å²) in [5, 5.41) is 3.58. The minimum atomic E-state index is -4.90. The maximum Gasteiger partial charge on any atom is 0.406 e. The molecular formula is C10H18F4O3S. The SMILES string of the molecule is O=S(O)C(F)(F)C(F)(F)CCCCCCCCO. The van der Waals surface area contributed by atoms with E-state index in [1.165, 1.54) is 0 Å². The van der Waals surface area contributed by atoms with Crippen molar-refractivity contribution < 1.29 is 31.4 Å². The highest BCUT2D eigenvalue weighted by Crippen LogP contribution is 2.40. The molecule has 0 saturated carbocycles. The van der Waals surface area contributed by atoms with Crippen molar-refractivity contribution >= 4 is 11.1 Å². The van der Waals surface area contributed by atoms with E-state index in [1.807, 2.05) is 0 Å². The van der Waals surface area contributed by atoms with E-state index >= 15 is 0 Å². The normalized spacial score (nSPS) is 14.8. The van der Waals surface area contributed by atoms with Gasteiger partial charge in [0, 0.05) is 13.0 Å². The van der Waals surface area contributed by atoms with Gasteiger partial charge in [-0.3, -0.25) is 0 Å². The predicted octanol–water partition coefficient (Wildman–Crippen LogP) is 3.16. The zero-order valence-corrected chi connectivity index (χ0v) is 10.7. The lowest BCUT2D eigenvalue weighted by molar-refractivity contribution is -0.161. The molecule has 0 aromatic heterocycles. The van der Waals surface area contributed by atoms with Gasteiger partial charge in [0.05, 0.1) is 0 Å². The molecule has 0 aliphatic carbocycles. The number of rotatable bonds is 10. The van der Waals surface area contributed by atoms with Gasteiger partial charge in [-0.1, -0.05) is 25.7 Å². The molecule has 3 nitrogen and oxygen atoms in total. The van der Waals surface area contributed by atoms with Gasteiger partial charge in [0.1, 0.15) is 0 Å². The molecule has 0 radical (unpaired) electrons. The molecule has 0 amide bonds. The predicted molar refractivity (Wildman–Crippen MR) is 60.1 cm³/mol. The number of hydrogen-bond acceptors (Lipinski definition) is 2. The molecule has 0 aliphatic rings. The molecule has 0 aliphatic heterocycles. The zero-order chi connectivity index (χ0) is 14.2. The van der Waals surface area contributed by atoms with E-state index in [1.54, 1.807) is 0 Å². The molecule has 0 aromatic carbocycles. The van der Waals surface area contributed by atoms with Crippen LogP contribution in [0.15, 0.2) is 0 Å². The second-order valence-electron chi connectivity index (χ2n) is 4.07. The summed E-state index contributed by atoms with van der Waals surface area (Å²) in [7, 11) is 0. The molecule has 8 heteroatoms. The van der Waals surface area contributed by atoms with E-state index < -0.39 is 28.7 Å². The van der Waals surface area contributed by atoms with E-state index in [0.29, 0.717) is 19.3 Å². The second-order valence-corrected chi connectivity index (χ2v) is 5.08. The minimum absolute atomic E-state index is 0.0760. The Hall–Kier alpha value is -0.210. The van der Waals surface area contributed by atoms with Crippen molar-refractivity contribution in [2.75, 3.05) is 6.61 Å². The van der Waals surface area contributed by atoms with Gasteiger partial charge in [0.2, 0.25) is 11.1 Å². The lowest BCUT2D eigenvalue weighted by Gasteiger charge is -2.23. The zero-order valence-electron chi connectivity index (χ0n) is 9.88. The molecule has 0 heterocycles. The van der Waals surface area contributed by atoms with Gasteiger partial charge in [-0.05, 0) is 12.8 Å². The number of hydrogen-bond donors (Lipinski definition) is 2. The first-order chi connectivity index (χ1) is 8.25. The lowest BCUT2D eigenvalue weighted by atomic mass is 10.1. The maximum absolute atomic E-state index is 12.9. The molecule has 1 unspecified atom stereocenters. The lowest BCUT2D eigenvalue weighted by Crippen LogP contribution is -2.43. The summed E-state index contributed by atoms with van der Waals surface area (Å²) in [4.78, 5) is 0. The van der Waals surface area contributed by atoms with Crippen LogP contribution in [0, 0.1) is 0 Å². The van der Waals surface area contributed by atoms with Crippen LogP contribution in [-0.2, 0) is 11.1 Å². The Morgan fingerprint density at radius 3 is 1.78 bits per heavy atom. The van der Waals surface area contributed by atoms with E-state index in [-0.39, 0.29) is 13.0 Å². The number of alkyl halides is 4. The van der Waals surface area contributed by atoms with Crippen molar-refractivity contribution in [3.63, 3.8) is 0 Å². The third-order valence-corrected chi connectivity index (χ3v) is 3.28. The van der Waals surface area contributed by atoms with Crippen LogP contribution < -0.4 is 0 Å². The molecule has 1 atom stereocenters. The third-order valence-electron chi connectivity index (χ3n) is 2.54. The fraction of sp³-hybridized carbons (Fsp3) is 1.00. The highest BCUT2D eigenvalue weighted by molar-refractivity contribution is 7.80. The van der Waals surface area contributed by atoms with Gasteiger partial charge in [-0.25, -0.2) is 4.21 Å². The van der Waals surface area contributed by atoms with Crippen molar-refractivity contribution in [2.45, 2.75) is 56.1 Å². The van der Waals surface area contributed by atoms with Gasteiger partial charge in [-0.2, -0.15) is 17.6 Å². The Labute approximate surface area is 106 Å². The van der Waals surface area contributed by atoms with Crippen molar-refractivity contribution in [2.24, 2.45) is 0 Å². The first-order valence-corrected chi connectivity index (χ1v) is 6.84. The summed E-state index contributed by atoms with van der Waals surface area (Å²) in [6, 6.07) is 0. The van der Waals surface area contributed by atoms with Crippen LogP contribution in [-0.4, -0.2) is 31.7 Å². The van der Waals surface area contributed by atoms with Crippen molar-refractivity contribution in [3.05, 3.63) is 0 Å². The Kier molecular flexibility index (Phi) is 7.97. The van der Waals surface area contributed by atoms with Gasteiger partial charge in [0.25, 0.3) is 0 Å². The average molecular weight is 294 g/mol. The van der Waals surface area contributed by atoms with E-state index in [9.17, 15) is 21.8 Å². The van der Waals surface area contributed by atoms with E-state index in [4.69, 9.17) is 9.66 Å². The summed E-state index contributed by atoms with van der Waals surface area (Å²) in [5.74, 6) is -4.46. The van der Waals surface area contributed by atoms with Gasteiger partial charge < -0.3 is 9.66 Å². The van der Waals surface area contributed by atoms with Crippen LogP contribution in [0.4, 0.5) is 17.6 Å². The van der Waals surface area contributed by atoms with Crippen LogP contribution in [0.3, 0.4) is 0 Å². The van der Waals surface area contributed by atoms with Crippen LogP contribution in [0.5, 0.6) is 0 Å². The van der Waals surface area contributed by atoms with Crippen molar-refractivity contribution in [1.82, 2.24) is 0 Å². The average Bonchev–Trinajstić information content (AvgIpc) is 2.27. The first kappa shape index (κ1) is 17.8. The Morgan fingerprint density at radius 1 is 0.889 bits per heavy atom. The fourth-order valence-electron chi connectivity index (χ4n) is 1.44. The van der Waals surface area contributed by atoms with Gasteiger partial charge in [-0.15, -0.1) is 0 Å². The fourth-order valence-corrected chi connectivity index (χ4v) is 1.80. The topological polar surface area (TPSA) is 57.5 Å². The maximum atomic E-state index is 12.9. The van der Waals surface area contributed by atoms with Gasteiger partial charge in [0.15, 0.2) is 0 Å². The highest BCUT2D eigenvalue weighted by atomic mass is 32.2. The van der Waals surface area contributed by atoms with Crippen LogP contribution in [0.2, 0.25) is 0 Å². The molecule has 0 spiro atoms. The number of unbranched alkanes of at least 4 members (excludes halogenated alkanes) is 5. The molecule has 0 fully saturated rings. The number of halogens is 4. The largest absolute Gasteiger partial charge is 0.406 e. The molecule has 18 heavy (non-hydrogen) atoms. The number of aliphatic hydroxyl groups is 1. The Balaban J connectivity index is 3.88. The molecule has 0 bridgehead atoms. The molecule has 0 saturated heterocycles. The quantitative estimate of drug-likeness (QED) is 0.370. The molecule has 0 rings (SSSR count). The van der Waals surface area contributed by atoms with Gasteiger partial charge >= 0.3 is 11.2 Å². The Bertz CT molecular complexity index is 262. The second kappa shape index (κ2) is 8.06. The summed E-state index contributed by atoms with van der Waals surface area (Å²) in [5.41, 5.74) is 0. The summed E-state index contributed by atoms with van der Waals surface area (Å²) in [6.45, 7) is 0.0760. The number of aliphatic hydroxyl groups excluding tert-OH is 1. The van der Waals surface area contributed by atoms with E-state index in [2.05, 4.69) is 0 Å². The smallest absolute Gasteiger partial charge is 0.396 e. The molecule has 0 aromatic rings. The highest BCUT2D eigenvalue weighted by Gasteiger charge is 2.60. The van der Waals surface area contributed by atoms with Crippen LogP contribution in [0.25, 0.3) is 0 Å². The van der Waals surface area contributed by atoms with Crippen LogP contribution in [0.1, 0.15) is 44.9 Å². The standard InChI is InChI=1S/C10H18F4O3S/c11-9(12,10(13,14)18(16)17)7-5-3-1-2-4-6-8-15/h15H,1-8H2,(H,16,17). The summed E-state index contributed by atoms with van der Waals surface area (Å²) in [6.07, 6.45) is 1.89. The molecule has 110 valence electrons. The summed E-state index contributed by atoms with van der Waals surface area (Å²) < 4.78 is 69.5. The minimum Gasteiger partial charge on any atom is -0.396 e.